The van der Waals surface area contributed by atoms with Gasteiger partial charge in [-0.05, 0) is 30.7 Å². The van der Waals surface area contributed by atoms with Crippen molar-refractivity contribution in [1.29, 1.82) is 0 Å². The van der Waals surface area contributed by atoms with Crippen molar-refractivity contribution >= 4 is 55.1 Å². The maximum atomic E-state index is 6.41. The van der Waals surface area contributed by atoms with Gasteiger partial charge in [0.2, 0.25) is 0 Å². The highest BCUT2D eigenvalue weighted by molar-refractivity contribution is 5.97. The first-order chi connectivity index (χ1) is 22.9. The first kappa shape index (κ1) is 28.7. The quantitative estimate of drug-likeness (QED) is 0.109. The van der Waals surface area contributed by atoms with E-state index < -0.39 is 0 Å². The minimum absolute atomic E-state index is 0.625. The Bertz CT molecular complexity index is 2350. The van der Waals surface area contributed by atoms with Crippen LogP contribution in [-0.4, -0.2) is 51.2 Å². The molecule has 4 aliphatic rings. The van der Waals surface area contributed by atoms with Gasteiger partial charge in [-0.25, -0.2) is 9.97 Å². The molecule has 8 heteroatoms. The summed E-state index contributed by atoms with van der Waals surface area (Å²) in [5, 5.41) is 5.96. The van der Waals surface area contributed by atoms with E-state index >= 15 is 0 Å². The topological polar surface area (TPSA) is 83.3 Å². The molecule has 2 heterocycles. The number of rotatable bonds is 6. The fourth-order valence-corrected chi connectivity index (χ4v) is 6.14. The van der Waals surface area contributed by atoms with Crippen LogP contribution in [0.3, 0.4) is 0 Å². The van der Waals surface area contributed by atoms with Gasteiger partial charge in [0.1, 0.15) is 22.4 Å². The second-order valence-electron chi connectivity index (χ2n) is 12.2. The van der Waals surface area contributed by atoms with Crippen LogP contribution in [-0.2, 0) is 0 Å². The van der Waals surface area contributed by atoms with Crippen molar-refractivity contribution in [3.05, 3.63) is 108 Å². The van der Waals surface area contributed by atoms with Crippen LogP contribution in [0.15, 0.2) is 116 Å². The van der Waals surface area contributed by atoms with Gasteiger partial charge in [-0.3, -0.25) is 9.98 Å². The molecule has 8 rings (SSSR count). The fraction of sp³-hybridized carbons (Fsp3) is 0.179. The summed E-state index contributed by atoms with van der Waals surface area (Å²) in [5.41, 5.74) is 6.97. The molecule has 0 radical (unpaired) electrons. The summed E-state index contributed by atoms with van der Waals surface area (Å²) in [5.74, 6) is 1.45. The standard InChI is InChI=1S/C39H34N6O2/c1-44(2)24-14-16-30-34(20-24)46-36-22-32(26-10-5-7-12-28(26)38(36)42-30)40-18-9-19-41-33-23-37-39(29-13-8-6-11-27(29)33)43-31-17-15-25(45(3)4)21-35(31)47-37/h5-8,10-17,20-23H,9,18-19H2,1-4H3. The molecular weight excluding hydrogens is 584 g/mol. The smallest absolute Gasteiger partial charge is 0.155 e. The van der Waals surface area contributed by atoms with Gasteiger partial charge < -0.3 is 18.6 Å². The summed E-state index contributed by atoms with van der Waals surface area (Å²) in [7, 11) is 8.07. The second kappa shape index (κ2) is 11.6. The zero-order chi connectivity index (χ0) is 32.1. The van der Waals surface area contributed by atoms with Gasteiger partial charge in [0.05, 0.1) is 10.7 Å². The normalized spacial score (nSPS) is 12.8. The third kappa shape index (κ3) is 5.21. The lowest BCUT2D eigenvalue weighted by Gasteiger charge is -2.14. The molecule has 2 aliphatic carbocycles. The Labute approximate surface area is 271 Å². The van der Waals surface area contributed by atoms with E-state index in [1.807, 2.05) is 88.9 Å². The molecule has 0 N–H and O–H groups in total. The van der Waals surface area contributed by atoms with Crippen LogP contribution in [0, 0.1) is 0 Å². The van der Waals surface area contributed by atoms with Gasteiger partial charge in [-0.2, -0.15) is 0 Å². The summed E-state index contributed by atoms with van der Waals surface area (Å²) in [6, 6.07) is 32.7. The maximum absolute atomic E-state index is 6.41. The number of hydrogen-bond donors (Lipinski definition) is 0. The molecule has 0 aromatic heterocycles. The largest absolute Gasteiger partial charge is 0.453 e. The van der Waals surface area contributed by atoms with Gasteiger partial charge in [0, 0.05) is 98.5 Å². The predicted molar refractivity (Wildman–Crippen MR) is 190 cm³/mol. The van der Waals surface area contributed by atoms with E-state index in [4.69, 9.17) is 28.8 Å². The Morgan fingerprint density at radius 3 is 1.38 bits per heavy atom. The molecular formula is C39H34N6O2. The van der Waals surface area contributed by atoms with Crippen LogP contribution in [0.5, 0.6) is 0 Å². The SMILES string of the molecule is CN(C)c1ccc2nc3c4ccccc4c(=NCCCN=c4cc5oc6cc(N(C)C)ccc6nc-5c5ccccc45)cc-3oc2c1. The first-order valence-electron chi connectivity index (χ1n) is 15.8. The molecule has 0 unspecified atom stereocenters. The number of hydrogen-bond acceptors (Lipinski definition) is 8. The summed E-state index contributed by atoms with van der Waals surface area (Å²) < 4.78 is 12.8. The zero-order valence-corrected chi connectivity index (χ0v) is 26.9. The van der Waals surface area contributed by atoms with E-state index in [1.165, 1.54) is 0 Å². The summed E-state index contributed by atoms with van der Waals surface area (Å²) >= 11 is 0. The van der Waals surface area contributed by atoms with Crippen LogP contribution in [0.1, 0.15) is 6.42 Å². The lowest BCUT2D eigenvalue weighted by Crippen LogP contribution is -2.10. The lowest BCUT2D eigenvalue weighted by atomic mass is 10.0. The van der Waals surface area contributed by atoms with Crippen LogP contribution in [0.25, 0.3) is 66.7 Å². The fourth-order valence-electron chi connectivity index (χ4n) is 6.14. The van der Waals surface area contributed by atoms with Crippen LogP contribution in [0.4, 0.5) is 11.4 Å². The molecule has 0 fully saturated rings. The van der Waals surface area contributed by atoms with Crippen molar-refractivity contribution in [2.75, 3.05) is 51.1 Å². The Kier molecular flexibility index (Phi) is 7.05. The van der Waals surface area contributed by atoms with Gasteiger partial charge in [-0.15, -0.1) is 0 Å². The Hall–Kier alpha value is -5.76. The van der Waals surface area contributed by atoms with Crippen molar-refractivity contribution < 1.29 is 8.83 Å². The molecule has 0 saturated carbocycles. The van der Waals surface area contributed by atoms with Gasteiger partial charge in [0.25, 0.3) is 0 Å². The second-order valence-corrected chi connectivity index (χ2v) is 12.2. The molecule has 2 aliphatic heterocycles. The van der Waals surface area contributed by atoms with E-state index in [0.717, 1.165) is 95.2 Å². The summed E-state index contributed by atoms with van der Waals surface area (Å²) in [6.45, 7) is 1.25. The number of nitrogens with zero attached hydrogens (tertiary/aromatic N) is 6. The van der Waals surface area contributed by atoms with Gasteiger partial charge in [-0.1, -0.05) is 48.5 Å². The molecule has 0 atom stereocenters. The van der Waals surface area contributed by atoms with Crippen molar-refractivity contribution in [3.63, 3.8) is 0 Å². The maximum Gasteiger partial charge on any atom is 0.155 e. The molecule has 0 saturated heterocycles. The number of benzene rings is 6. The van der Waals surface area contributed by atoms with Crippen molar-refractivity contribution in [3.8, 4) is 22.9 Å². The highest BCUT2D eigenvalue weighted by atomic mass is 16.3. The van der Waals surface area contributed by atoms with E-state index in [2.05, 4.69) is 46.2 Å². The van der Waals surface area contributed by atoms with Crippen molar-refractivity contribution in [2.45, 2.75) is 6.42 Å². The minimum atomic E-state index is 0.625. The molecule has 8 nitrogen and oxygen atoms in total. The number of fused-ring (bicyclic) bond motifs is 8. The highest BCUT2D eigenvalue weighted by Crippen LogP contribution is 2.33. The number of aromatic nitrogens is 2. The van der Waals surface area contributed by atoms with E-state index in [1.54, 1.807) is 0 Å². The summed E-state index contributed by atoms with van der Waals surface area (Å²) in [4.78, 5) is 24.1. The molecule has 4 aromatic carbocycles. The third-order valence-corrected chi connectivity index (χ3v) is 8.62. The van der Waals surface area contributed by atoms with E-state index in [9.17, 15) is 0 Å². The predicted octanol–water partition coefficient (Wildman–Crippen LogP) is 7.51. The van der Waals surface area contributed by atoms with Crippen molar-refractivity contribution in [2.24, 2.45) is 9.98 Å². The molecule has 232 valence electrons. The summed E-state index contributed by atoms with van der Waals surface area (Å²) in [6.07, 6.45) is 0.789. The Morgan fingerprint density at radius 1 is 0.532 bits per heavy atom. The Balaban J connectivity index is 1.14. The number of anilines is 2. The third-order valence-electron chi connectivity index (χ3n) is 8.62. The molecule has 0 amide bonds. The zero-order valence-electron chi connectivity index (χ0n) is 26.9. The average Bonchev–Trinajstić information content (AvgIpc) is 3.09. The van der Waals surface area contributed by atoms with Crippen molar-refractivity contribution in [1.82, 2.24) is 9.97 Å². The van der Waals surface area contributed by atoms with E-state index in [-0.39, 0.29) is 0 Å². The molecule has 0 spiro atoms. The van der Waals surface area contributed by atoms with Gasteiger partial charge >= 0.3 is 0 Å². The molecule has 0 bridgehead atoms. The monoisotopic (exact) mass is 618 g/mol. The molecule has 4 aromatic rings. The minimum Gasteiger partial charge on any atom is -0.453 e. The first-order valence-corrected chi connectivity index (χ1v) is 15.8. The molecule has 47 heavy (non-hydrogen) atoms. The highest BCUT2D eigenvalue weighted by Gasteiger charge is 2.17. The van der Waals surface area contributed by atoms with Crippen LogP contribution >= 0.6 is 0 Å². The van der Waals surface area contributed by atoms with Crippen LogP contribution in [0.2, 0.25) is 0 Å². The van der Waals surface area contributed by atoms with Crippen LogP contribution < -0.4 is 20.5 Å². The van der Waals surface area contributed by atoms with E-state index in [0.29, 0.717) is 13.1 Å². The average molecular weight is 619 g/mol. The van der Waals surface area contributed by atoms with Gasteiger partial charge in [0.15, 0.2) is 22.7 Å². The lowest BCUT2D eigenvalue weighted by molar-refractivity contribution is 0.613. The Morgan fingerprint density at radius 2 is 0.957 bits per heavy atom.